The Morgan fingerprint density at radius 3 is 2.73 bits per heavy atom. The molecule has 26 heavy (non-hydrogen) atoms. The van der Waals surface area contributed by atoms with Crippen LogP contribution in [-0.2, 0) is 9.59 Å². The van der Waals surface area contributed by atoms with Crippen molar-refractivity contribution in [2.45, 2.75) is 38.1 Å². The molecule has 3 N–H and O–H groups in total. The van der Waals surface area contributed by atoms with E-state index in [-0.39, 0.29) is 29.7 Å². The van der Waals surface area contributed by atoms with Crippen LogP contribution in [0.1, 0.15) is 32.1 Å². The van der Waals surface area contributed by atoms with Gasteiger partial charge in [-0.3, -0.25) is 9.59 Å². The third-order valence-electron chi connectivity index (χ3n) is 6.35. The van der Waals surface area contributed by atoms with Crippen LogP contribution in [0.15, 0.2) is 18.3 Å². The molecule has 4 rings (SSSR count). The van der Waals surface area contributed by atoms with Gasteiger partial charge in [0.05, 0.1) is 16.9 Å². The van der Waals surface area contributed by atoms with Gasteiger partial charge in [-0.25, -0.2) is 4.98 Å². The maximum absolute atomic E-state index is 13.1. The van der Waals surface area contributed by atoms with E-state index in [2.05, 4.69) is 10.3 Å². The highest BCUT2D eigenvalue weighted by molar-refractivity contribution is 6.30. The van der Waals surface area contributed by atoms with Crippen molar-refractivity contribution in [3.8, 4) is 0 Å². The van der Waals surface area contributed by atoms with Crippen LogP contribution in [0.25, 0.3) is 0 Å². The van der Waals surface area contributed by atoms with Crippen molar-refractivity contribution >= 4 is 29.2 Å². The Morgan fingerprint density at radius 2 is 2.04 bits per heavy atom. The highest BCUT2D eigenvalue weighted by atomic mass is 35.5. The summed E-state index contributed by atoms with van der Waals surface area (Å²) in [7, 11) is 0. The number of nitrogens with one attached hydrogen (secondary N) is 1. The Balaban J connectivity index is 1.38. The van der Waals surface area contributed by atoms with Gasteiger partial charge in [0.1, 0.15) is 5.82 Å². The molecule has 7 heteroatoms. The normalized spacial score (nSPS) is 33.3. The minimum absolute atomic E-state index is 0.00581. The van der Waals surface area contributed by atoms with Crippen molar-refractivity contribution in [1.82, 2.24) is 9.88 Å². The predicted octanol–water partition coefficient (Wildman–Crippen LogP) is 2.29. The van der Waals surface area contributed by atoms with Gasteiger partial charge in [-0.05, 0) is 56.1 Å². The van der Waals surface area contributed by atoms with E-state index in [1.807, 2.05) is 4.90 Å². The van der Waals surface area contributed by atoms with Crippen LogP contribution >= 0.6 is 11.6 Å². The molecule has 5 atom stereocenters. The molecule has 2 saturated carbocycles. The number of aromatic nitrogens is 1. The van der Waals surface area contributed by atoms with Gasteiger partial charge in [-0.15, -0.1) is 0 Å². The van der Waals surface area contributed by atoms with Gasteiger partial charge in [0.2, 0.25) is 11.8 Å². The zero-order valence-electron chi connectivity index (χ0n) is 14.7. The fraction of sp³-hybridized carbons (Fsp3) is 0.632. The predicted molar refractivity (Wildman–Crippen MR) is 99.5 cm³/mol. The van der Waals surface area contributed by atoms with Crippen molar-refractivity contribution in [1.29, 1.82) is 0 Å². The molecule has 3 fully saturated rings. The molecule has 0 spiro atoms. The molecule has 1 aromatic rings. The van der Waals surface area contributed by atoms with E-state index in [9.17, 15) is 9.59 Å². The Labute approximate surface area is 158 Å². The lowest BCUT2D eigenvalue weighted by Crippen LogP contribution is -2.51. The number of halogens is 1. The van der Waals surface area contributed by atoms with Crippen LogP contribution in [0.4, 0.5) is 5.82 Å². The maximum Gasteiger partial charge on any atom is 0.230 e. The number of hydrogen-bond donors (Lipinski definition) is 2. The van der Waals surface area contributed by atoms with Gasteiger partial charge in [0.15, 0.2) is 0 Å². The molecule has 140 valence electrons. The van der Waals surface area contributed by atoms with Crippen LogP contribution in [0.3, 0.4) is 0 Å². The molecule has 3 aliphatic rings. The van der Waals surface area contributed by atoms with Crippen LogP contribution in [-0.4, -0.2) is 40.8 Å². The van der Waals surface area contributed by atoms with Crippen LogP contribution in [0.2, 0.25) is 5.02 Å². The van der Waals surface area contributed by atoms with Crippen molar-refractivity contribution in [2.24, 2.45) is 29.4 Å². The fourth-order valence-corrected chi connectivity index (χ4v) is 5.09. The van der Waals surface area contributed by atoms with E-state index in [4.69, 9.17) is 17.3 Å². The number of carbonyl (C=O) groups is 2. The Hall–Kier alpha value is -1.66. The molecule has 0 aromatic carbocycles. The lowest BCUT2D eigenvalue weighted by Gasteiger charge is -2.37. The first-order valence-electron chi connectivity index (χ1n) is 9.49. The fourth-order valence-electron chi connectivity index (χ4n) is 4.98. The second kappa shape index (κ2) is 7.16. The van der Waals surface area contributed by atoms with Gasteiger partial charge >= 0.3 is 0 Å². The van der Waals surface area contributed by atoms with Crippen LogP contribution in [0, 0.1) is 23.7 Å². The van der Waals surface area contributed by atoms with E-state index in [0.29, 0.717) is 29.2 Å². The second-order valence-electron chi connectivity index (χ2n) is 7.91. The summed E-state index contributed by atoms with van der Waals surface area (Å²) < 4.78 is 0. The van der Waals surface area contributed by atoms with E-state index >= 15 is 0 Å². The summed E-state index contributed by atoms with van der Waals surface area (Å²) in [6.45, 7) is 1.20. The summed E-state index contributed by atoms with van der Waals surface area (Å²) >= 11 is 5.82. The first kappa shape index (κ1) is 17.7. The molecule has 2 bridgehead atoms. The molecule has 2 aliphatic carbocycles. The number of nitrogens with zero attached hydrogens (tertiary/aromatic N) is 2. The zero-order valence-corrected chi connectivity index (χ0v) is 15.5. The summed E-state index contributed by atoms with van der Waals surface area (Å²) in [6, 6.07) is 3.37. The van der Waals surface area contributed by atoms with E-state index in [1.54, 1.807) is 12.1 Å². The summed E-state index contributed by atoms with van der Waals surface area (Å²) in [6.07, 6.45) is 6.51. The molecular weight excluding hydrogens is 352 g/mol. The SMILES string of the molecule is NC1C2CCC(C2)C1C(=O)N1CCCC(C(=O)Nc2ccc(Cl)cn2)C1. The smallest absolute Gasteiger partial charge is 0.230 e. The van der Waals surface area contributed by atoms with Crippen molar-refractivity contribution in [3.05, 3.63) is 23.4 Å². The number of carbonyl (C=O) groups excluding carboxylic acids is 2. The first-order chi connectivity index (χ1) is 12.5. The van der Waals surface area contributed by atoms with E-state index in [0.717, 1.165) is 38.6 Å². The number of pyridine rings is 1. The van der Waals surface area contributed by atoms with Gasteiger partial charge in [0.25, 0.3) is 0 Å². The Morgan fingerprint density at radius 1 is 1.23 bits per heavy atom. The second-order valence-corrected chi connectivity index (χ2v) is 8.35. The molecule has 5 unspecified atom stereocenters. The van der Waals surface area contributed by atoms with Crippen LogP contribution < -0.4 is 11.1 Å². The number of piperidine rings is 1. The average Bonchev–Trinajstić information content (AvgIpc) is 3.24. The maximum atomic E-state index is 13.1. The largest absolute Gasteiger partial charge is 0.342 e. The van der Waals surface area contributed by atoms with Crippen LogP contribution in [0.5, 0.6) is 0 Å². The zero-order chi connectivity index (χ0) is 18.3. The summed E-state index contributed by atoms with van der Waals surface area (Å²) in [5, 5.41) is 3.36. The van der Waals surface area contributed by atoms with Gasteiger partial charge in [-0.2, -0.15) is 0 Å². The molecule has 0 radical (unpaired) electrons. The number of amides is 2. The molecular formula is C19H25ClN4O2. The number of likely N-dealkylation sites (tertiary alicyclic amines) is 1. The highest BCUT2D eigenvalue weighted by Gasteiger charge is 2.50. The number of anilines is 1. The third kappa shape index (κ3) is 3.32. The highest BCUT2D eigenvalue weighted by Crippen LogP contribution is 2.48. The molecule has 1 aromatic heterocycles. The first-order valence-corrected chi connectivity index (χ1v) is 9.87. The molecule has 2 amide bonds. The topological polar surface area (TPSA) is 88.3 Å². The minimum Gasteiger partial charge on any atom is -0.342 e. The summed E-state index contributed by atoms with van der Waals surface area (Å²) in [4.78, 5) is 31.6. The van der Waals surface area contributed by atoms with Gasteiger partial charge in [0, 0.05) is 25.3 Å². The Bertz CT molecular complexity index is 693. The minimum atomic E-state index is -0.208. The molecule has 1 saturated heterocycles. The average molecular weight is 377 g/mol. The van der Waals surface area contributed by atoms with Gasteiger partial charge in [-0.1, -0.05) is 11.6 Å². The monoisotopic (exact) mass is 376 g/mol. The number of fused-ring (bicyclic) bond motifs is 2. The standard InChI is InChI=1S/C19H25ClN4O2/c20-14-5-6-15(22-9-14)23-18(25)13-2-1-7-24(10-13)19(26)16-11-3-4-12(8-11)17(16)21/h5-6,9,11-13,16-17H,1-4,7-8,10,21H2,(H,22,23,25). The van der Waals surface area contributed by atoms with Gasteiger partial charge < -0.3 is 16.0 Å². The van der Waals surface area contributed by atoms with Crippen molar-refractivity contribution < 1.29 is 9.59 Å². The molecule has 2 heterocycles. The van der Waals surface area contributed by atoms with Crippen molar-refractivity contribution in [3.63, 3.8) is 0 Å². The van der Waals surface area contributed by atoms with E-state index in [1.165, 1.54) is 6.20 Å². The number of rotatable bonds is 3. The summed E-state index contributed by atoms with van der Waals surface area (Å²) in [5.41, 5.74) is 6.33. The lowest BCUT2D eigenvalue weighted by molar-refractivity contribution is -0.140. The van der Waals surface area contributed by atoms with E-state index < -0.39 is 0 Å². The molecule has 1 aliphatic heterocycles. The Kier molecular flexibility index (Phi) is 4.88. The third-order valence-corrected chi connectivity index (χ3v) is 6.57. The number of nitrogens with two attached hydrogens (primary N) is 1. The number of hydrogen-bond acceptors (Lipinski definition) is 4. The lowest BCUT2D eigenvalue weighted by atomic mass is 9.83. The van der Waals surface area contributed by atoms with Crippen molar-refractivity contribution in [2.75, 3.05) is 18.4 Å². The quantitative estimate of drug-likeness (QED) is 0.847. The molecule has 6 nitrogen and oxygen atoms in total. The summed E-state index contributed by atoms with van der Waals surface area (Å²) in [5.74, 6) is 1.25.